The number of amides is 3. The number of methoxy groups -OCH3 is 1. The predicted molar refractivity (Wildman–Crippen MR) is 179 cm³/mol. The van der Waals surface area contributed by atoms with Crippen molar-refractivity contribution in [2.24, 2.45) is 5.92 Å². The molecule has 0 aliphatic carbocycles. The zero-order chi connectivity index (χ0) is 34.9. The Morgan fingerprint density at radius 3 is 1.63 bits per heavy atom. The molecule has 0 unspecified atom stereocenters. The average Bonchev–Trinajstić information content (AvgIpc) is 2.98. The number of nitrogens with one attached hydrogen (secondary N) is 3. The summed E-state index contributed by atoms with van der Waals surface area (Å²) in [4.78, 5) is 52.3. The summed E-state index contributed by atoms with van der Waals surface area (Å²) in [7, 11) is -1.89. The highest BCUT2D eigenvalue weighted by Gasteiger charge is 2.52. The van der Waals surface area contributed by atoms with Crippen LogP contribution < -0.4 is 26.3 Å². The molecule has 3 amide bonds. The Hall–Kier alpha value is -3.74. The van der Waals surface area contributed by atoms with Gasteiger partial charge in [0, 0.05) is 0 Å². The molecule has 0 heterocycles. The van der Waals surface area contributed by atoms with Gasteiger partial charge in [-0.2, -0.15) is 0 Å². The van der Waals surface area contributed by atoms with E-state index in [1.54, 1.807) is 41.5 Å². The van der Waals surface area contributed by atoms with Crippen LogP contribution in [0.4, 0.5) is 4.79 Å². The minimum absolute atomic E-state index is 0.399. The number of rotatable bonds is 13. The van der Waals surface area contributed by atoms with E-state index in [1.807, 2.05) is 60.7 Å². The lowest BCUT2D eigenvalue weighted by Gasteiger charge is -2.45. The quantitative estimate of drug-likeness (QED) is 0.190. The molecule has 0 saturated carbocycles. The van der Waals surface area contributed by atoms with Crippen molar-refractivity contribution in [1.29, 1.82) is 0 Å². The number of aliphatic hydroxyl groups is 1. The van der Waals surface area contributed by atoms with Gasteiger partial charge >= 0.3 is 12.1 Å². The van der Waals surface area contributed by atoms with E-state index in [0.717, 1.165) is 10.4 Å². The summed E-state index contributed by atoms with van der Waals surface area (Å²) in [6.45, 7) is 15.7. The van der Waals surface area contributed by atoms with Crippen molar-refractivity contribution < 1.29 is 38.2 Å². The standard InChI is InChI=1S/C34H51N3O8Si/c1-22(2)27(36-29(39)26(21-38)35-32(42)44-33(4,5)6)30(40)37-28(31(41)43-10)23(3)45-46(34(7,8)9,24-17-13-11-14-18-24)25-19-15-12-16-20-25/h11-20,22-23,26-28,38H,21H2,1-10H3,(H,35,42)(H,36,39)(H,37,40)/t23-,26+,27+,28+/m1/s1. The first-order chi connectivity index (χ1) is 21.4. The number of benzene rings is 2. The molecule has 46 heavy (non-hydrogen) atoms. The number of ether oxygens (including phenoxy) is 2. The van der Waals surface area contributed by atoms with Gasteiger partial charge in [0.25, 0.3) is 8.32 Å². The van der Waals surface area contributed by atoms with Crippen molar-refractivity contribution in [2.75, 3.05) is 13.7 Å². The zero-order valence-electron chi connectivity index (χ0n) is 28.7. The molecule has 12 heteroatoms. The molecule has 4 N–H and O–H groups in total. The lowest BCUT2D eigenvalue weighted by Crippen LogP contribution is -2.69. The molecular formula is C34H51N3O8Si. The van der Waals surface area contributed by atoms with E-state index >= 15 is 0 Å². The van der Waals surface area contributed by atoms with Gasteiger partial charge in [-0.15, -0.1) is 0 Å². The number of aliphatic hydroxyl groups excluding tert-OH is 1. The molecule has 0 aromatic heterocycles. The number of carbonyl (C=O) groups excluding carboxylic acids is 4. The molecule has 254 valence electrons. The lowest BCUT2D eigenvalue weighted by molar-refractivity contribution is -0.148. The fraction of sp³-hybridized carbons (Fsp3) is 0.529. The fourth-order valence-corrected chi connectivity index (χ4v) is 9.92. The van der Waals surface area contributed by atoms with Crippen molar-refractivity contribution in [2.45, 2.75) is 97.2 Å². The van der Waals surface area contributed by atoms with E-state index in [9.17, 15) is 24.3 Å². The van der Waals surface area contributed by atoms with E-state index in [-0.39, 0.29) is 0 Å². The van der Waals surface area contributed by atoms with Gasteiger partial charge in [-0.25, -0.2) is 9.59 Å². The highest BCUT2D eigenvalue weighted by atomic mass is 28.4. The molecule has 0 spiro atoms. The lowest BCUT2D eigenvalue weighted by atomic mass is 10.0. The van der Waals surface area contributed by atoms with Crippen LogP contribution in [0.1, 0.15) is 62.3 Å². The fourth-order valence-electron chi connectivity index (χ4n) is 5.21. The van der Waals surface area contributed by atoms with Crippen molar-refractivity contribution in [3.8, 4) is 0 Å². The maximum Gasteiger partial charge on any atom is 0.408 e. The Kier molecular flexibility index (Phi) is 13.5. The highest BCUT2D eigenvalue weighted by Crippen LogP contribution is 2.37. The van der Waals surface area contributed by atoms with Gasteiger partial charge in [0.1, 0.15) is 17.7 Å². The second kappa shape index (κ2) is 16.2. The largest absolute Gasteiger partial charge is 0.467 e. The third kappa shape index (κ3) is 9.88. The van der Waals surface area contributed by atoms with E-state index in [0.29, 0.717) is 0 Å². The van der Waals surface area contributed by atoms with E-state index < -0.39 is 79.6 Å². The van der Waals surface area contributed by atoms with Crippen LogP contribution in [-0.4, -0.2) is 80.8 Å². The molecule has 2 aromatic carbocycles. The van der Waals surface area contributed by atoms with Gasteiger partial charge in [0.2, 0.25) is 11.8 Å². The van der Waals surface area contributed by atoms with Crippen LogP contribution in [0.5, 0.6) is 0 Å². The van der Waals surface area contributed by atoms with Gasteiger partial charge < -0.3 is 35.0 Å². The maximum absolute atomic E-state index is 13.7. The van der Waals surface area contributed by atoms with E-state index in [4.69, 9.17) is 13.9 Å². The maximum atomic E-state index is 13.7. The molecule has 2 aromatic rings. The first-order valence-corrected chi connectivity index (χ1v) is 17.4. The molecule has 0 aliphatic heterocycles. The van der Waals surface area contributed by atoms with Gasteiger partial charge in [0.15, 0.2) is 6.04 Å². The van der Waals surface area contributed by atoms with Gasteiger partial charge in [0.05, 0.1) is 19.8 Å². The summed E-state index contributed by atoms with van der Waals surface area (Å²) < 4.78 is 17.4. The average molecular weight is 658 g/mol. The topological polar surface area (TPSA) is 152 Å². The van der Waals surface area contributed by atoms with Crippen LogP contribution in [0.15, 0.2) is 60.7 Å². The van der Waals surface area contributed by atoms with Gasteiger partial charge in [-0.1, -0.05) is 95.3 Å². The molecule has 0 saturated heterocycles. The van der Waals surface area contributed by atoms with Crippen molar-refractivity contribution in [3.63, 3.8) is 0 Å². The Balaban J connectivity index is 2.42. The SMILES string of the molecule is COC(=O)[C@@H](NC(=O)[C@@H](NC(=O)[C@H](CO)NC(=O)OC(C)(C)C)C(C)C)[C@@H](C)O[Si](c1ccccc1)(c1ccccc1)C(C)(C)C. The Morgan fingerprint density at radius 2 is 1.24 bits per heavy atom. The summed E-state index contributed by atoms with van der Waals surface area (Å²) in [5.74, 6) is -2.61. The molecule has 2 rings (SSSR count). The third-order valence-corrected chi connectivity index (χ3v) is 12.6. The summed E-state index contributed by atoms with van der Waals surface area (Å²) in [5, 5.41) is 19.1. The molecule has 0 radical (unpaired) electrons. The number of carbonyl (C=O) groups is 4. The predicted octanol–water partition coefficient (Wildman–Crippen LogP) is 2.64. The number of hydrogen-bond donors (Lipinski definition) is 4. The second-order valence-electron chi connectivity index (χ2n) is 13.6. The number of alkyl carbamates (subject to hydrolysis) is 1. The summed E-state index contributed by atoms with van der Waals surface area (Å²) >= 11 is 0. The van der Waals surface area contributed by atoms with Gasteiger partial charge in [-0.05, 0) is 49.0 Å². The Bertz CT molecular complexity index is 1270. The summed E-state index contributed by atoms with van der Waals surface area (Å²) in [6, 6.07) is 16.0. The van der Waals surface area contributed by atoms with Crippen LogP contribution in [0.25, 0.3) is 0 Å². The molecule has 0 aliphatic rings. The van der Waals surface area contributed by atoms with Crippen molar-refractivity contribution in [3.05, 3.63) is 60.7 Å². The highest BCUT2D eigenvalue weighted by molar-refractivity contribution is 6.99. The van der Waals surface area contributed by atoms with Gasteiger partial charge in [-0.3, -0.25) is 9.59 Å². The zero-order valence-corrected chi connectivity index (χ0v) is 29.7. The Morgan fingerprint density at radius 1 is 0.761 bits per heavy atom. The van der Waals surface area contributed by atoms with Crippen LogP contribution in [0, 0.1) is 5.92 Å². The smallest absolute Gasteiger partial charge is 0.408 e. The molecule has 4 atom stereocenters. The van der Waals surface area contributed by atoms with E-state index in [2.05, 4.69) is 36.7 Å². The van der Waals surface area contributed by atoms with Crippen LogP contribution in [0.2, 0.25) is 5.04 Å². The third-order valence-electron chi connectivity index (χ3n) is 7.44. The van der Waals surface area contributed by atoms with Crippen molar-refractivity contribution in [1.82, 2.24) is 16.0 Å². The summed E-state index contributed by atoms with van der Waals surface area (Å²) in [6.07, 6.45) is -1.75. The normalized spacial score (nSPS) is 14.8. The Labute approximate surface area is 273 Å². The minimum Gasteiger partial charge on any atom is -0.467 e. The summed E-state index contributed by atoms with van der Waals surface area (Å²) in [5.41, 5.74) is -0.822. The molecule has 0 bridgehead atoms. The second-order valence-corrected chi connectivity index (χ2v) is 17.9. The first kappa shape index (κ1) is 38.4. The van der Waals surface area contributed by atoms with Crippen LogP contribution >= 0.6 is 0 Å². The van der Waals surface area contributed by atoms with E-state index in [1.165, 1.54) is 7.11 Å². The molecular weight excluding hydrogens is 606 g/mol. The van der Waals surface area contributed by atoms with Crippen LogP contribution in [0.3, 0.4) is 0 Å². The molecule has 0 fully saturated rings. The number of esters is 1. The monoisotopic (exact) mass is 657 g/mol. The first-order valence-electron chi connectivity index (χ1n) is 15.5. The number of hydrogen-bond acceptors (Lipinski definition) is 8. The van der Waals surface area contributed by atoms with Crippen molar-refractivity contribution >= 4 is 42.6 Å². The minimum atomic E-state index is -3.12. The molecule has 11 nitrogen and oxygen atoms in total. The van der Waals surface area contributed by atoms with Crippen LogP contribution in [-0.2, 0) is 28.3 Å².